The maximum Gasteiger partial charge on any atom is 0.129 e. The second-order valence-electron chi connectivity index (χ2n) is 3.93. The van der Waals surface area contributed by atoms with Crippen molar-refractivity contribution in [3.05, 3.63) is 34.9 Å². The molecule has 0 nitrogen and oxygen atoms in total. The highest BCUT2D eigenvalue weighted by atomic mass is 19.1. The topological polar surface area (TPSA) is 0 Å². The van der Waals surface area contributed by atoms with Gasteiger partial charge in [0.15, 0.2) is 0 Å². The summed E-state index contributed by atoms with van der Waals surface area (Å²) < 4.78 is 26.1. The zero-order chi connectivity index (χ0) is 9.59. The van der Waals surface area contributed by atoms with Crippen LogP contribution in [-0.2, 0) is 6.42 Å². The average molecular weight is 182 g/mol. The maximum atomic E-state index is 13.3. The summed E-state index contributed by atoms with van der Waals surface area (Å²) >= 11 is 0. The van der Waals surface area contributed by atoms with Crippen LogP contribution in [0.1, 0.15) is 30.9 Å². The third-order valence-corrected chi connectivity index (χ3v) is 3.06. The Labute approximate surface area is 76.6 Å². The van der Waals surface area contributed by atoms with Gasteiger partial charge in [0.2, 0.25) is 0 Å². The van der Waals surface area contributed by atoms with Crippen molar-refractivity contribution >= 4 is 0 Å². The maximum absolute atomic E-state index is 13.3. The molecule has 0 spiro atoms. The van der Waals surface area contributed by atoms with Gasteiger partial charge in [0.1, 0.15) is 11.6 Å². The molecule has 2 heteroatoms. The molecular formula is C11H12F2. The summed E-state index contributed by atoms with van der Waals surface area (Å²) in [5.74, 6) is -0.144. The third kappa shape index (κ3) is 1.25. The lowest BCUT2D eigenvalue weighted by atomic mass is 9.97. The first kappa shape index (κ1) is 8.67. The fraction of sp³-hybridized carbons (Fsp3) is 0.455. The smallest absolute Gasteiger partial charge is 0.129 e. The molecule has 13 heavy (non-hydrogen) atoms. The lowest BCUT2D eigenvalue weighted by Crippen LogP contribution is -1.97. The van der Waals surface area contributed by atoms with Crippen molar-refractivity contribution in [3.63, 3.8) is 0 Å². The molecule has 0 aromatic heterocycles. The molecule has 1 aromatic rings. The fourth-order valence-electron chi connectivity index (χ4n) is 2.05. The molecule has 0 saturated heterocycles. The van der Waals surface area contributed by atoms with E-state index >= 15 is 0 Å². The molecule has 2 atom stereocenters. The minimum absolute atomic E-state index is 0.278. The summed E-state index contributed by atoms with van der Waals surface area (Å²) in [6, 6.07) is 2.44. The van der Waals surface area contributed by atoms with Gasteiger partial charge in [-0.3, -0.25) is 0 Å². The quantitative estimate of drug-likeness (QED) is 0.577. The lowest BCUT2D eigenvalue weighted by molar-refractivity contribution is 0.526. The van der Waals surface area contributed by atoms with Crippen molar-refractivity contribution < 1.29 is 8.78 Å². The molecule has 0 amide bonds. The van der Waals surface area contributed by atoms with E-state index in [1.807, 2.05) is 6.92 Å². The standard InChI is InChI=1S/C11H12F2/c1-6-3-10-9(7(6)2)4-8(12)5-11(10)13/h4-7H,3H2,1-2H3/t6-,7-/m0/s1. The van der Waals surface area contributed by atoms with E-state index in [0.29, 0.717) is 11.5 Å². The van der Waals surface area contributed by atoms with E-state index in [2.05, 4.69) is 6.92 Å². The summed E-state index contributed by atoms with van der Waals surface area (Å²) in [4.78, 5) is 0. The number of hydrogen-bond donors (Lipinski definition) is 0. The monoisotopic (exact) mass is 182 g/mol. The minimum Gasteiger partial charge on any atom is -0.207 e. The Bertz CT molecular complexity index is 344. The summed E-state index contributed by atoms with van der Waals surface area (Å²) in [7, 11) is 0. The average Bonchev–Trinajstić information content (AvgIpc) is 2.32. The molecule has 1 aliphatic rings. The van der Waals surface area contributed by atoms with Crippen molar-refractivity contribution in [3.8, 4) is 0 Å². The molecule has 0 bridgehead atoms. The van der Waals surface area contributed by atoms with Gasteiger partial charge < -0.3 is 0 Å². The van der Waals surface area contributed by atoms with Crippen LogP contribution < -0.4 is 0 Å². The number of halogens is 2. The highest BCUT2D eigenvalue weighted by Gasteiger charge is 2.28. The van der Waals surface area contributed by atoms with Gasteiger partial charge in [0, 0.05) is 6.07 Å². The van der Waals surface area contributed by atoms with Gasteiger partial charge in [-0.25, -0.2) is 8.78 Å². The lowest BCUT2D eigenvalue weighted by Gasteiger charge is -2.08. The van der Waals surface area contributed by atoms with E-state index in [4.69, 9.17) is 0 Å². The van der Waals surface area contributed by atoms with Crippen molar-refractivity contribution in [1.82, 2.24) is 0 Å². The van der Waals surface area contributed by atoms with E-state index in [9.17, 15) is 8.78 Å². The molecule has 0 radical (unpaired) electrons. The Morgan fingerprint density at radius 1 is 1.23 bits per heavy atom. The Morgan fingerprint density at radius 3 is 2.62 bits per heavy atom. The first-order valence-corrected chi connectivity index (χ1v) is 4.57. The fourth-order valence-corrected chi connectivity index (χ4v) is 2.05. The summed E-state index contributed by atoms with van der Waals surface area (Å²) in [5, 5.41) is 0. The number of benzene rings is 1. The molecule has 1 aliphatic carbocycles. The van der Waals surface area contributed by atoms with E-state index in [1.54, 1.807) is 0 Å². The molecule has 0 N–H and O–H groups in total. The van der Waals surface area contributed by atoms with Gasteiger partial charge in [-0.05, 0) is 35.4 Å². The molecule has 0 fully saturated rings. The van der Waals surface area contributed by atoms with Crippen molar-refractivity contribution in [2.75, 3.05) is 0 Å². The molecule has 0 heterocycles. The SMILES string of the molecule is C[C@@H]1c2cc(F)cc(F)c2C[C@@H]1C. The van der Waals surface area contributed by atoms with Gasteiger partial charge in [0.05, 0.1) is 0 Å². The van der Waals surface area contributed by atoms with Crippen LogP contribution >= 0.6 is 0 Å². The second kappa shape index (κ2) is 2.79. The Hall–Kier alpha value is -0.920. The number of hydrogen-bond acceptors (Lipinski definition) is 0. The summed E-state index contributed by atoms with van der Waals surface area (Å²) in [6.07, 6.45) is 0.739. The summed E-state index contributed by atoms with van der Waals surface area (Å²) in [5.41, 5.74) is 1.56. The number of rotatable bonds is 0. The van der Waals surface area contributed by atoms with E-state index < -0.39 is 5.82 Å². The highest BCUT2D eigenvalue weighted by molar-refractivity contribution is 5.37. The van der Waals surface area contributed by atoms with Crippen LogP contribution in [0.3, 0.4) is 0 Å². The Balaban J connectivity index is 2.57. The molecule has 2 rings (SSSR count). The summed E-state index contributed by atoms with van der Waals surface area (Å²) in [6.45, 7) is 4.09. The van der Waals surface area contributed by atoms with Crippen LogP contribution in [0.2, 0.25) is 0 Å². The molecule has 0 unspecified atom stereocenters. The van der Waals surface area contributed by atoms with Crippen LogP contribution in [0.15, 0.2) is 12.1 Å². The van der Waals surface area contributed by atoms with E-state index in [0.717, 1.165) is 18.1 Å². The molecule has 0 aliphatic heterocycles. The molecule has 0 saturated carbocycles. The van der Waals surface area contributed by atoms with Gasteiger partial charge in [0.25, 0.3) is 0 Å². The van der Waals surface area contributed by atoms with Crippen LogP contribution in [-0.4, -0.2) is 0 Å². The largest absolute Gasteiger partial charge is 0.207 e. The molecular weight excluding hydrogens is 170 g/mol. The minimum atomic E-state index is -0.461. The molecule has 1 aromatic carbocycles. The van der Waals surface area contributed by atoms with Crippen LogP contribution in [0.5, 0.6) is 0 Å². The second-order valence-corrected chi connectivity index (χ2v) is 3.93. The van der Waals surface area contributed by atoms with Crippen molar-refractivity contribution in [1.29, 1.82) is 0 Å². The van der Waals surface area contributed by atoms with Crippen LogP contribution in [0.4, 0.5) is 8.78 Å². The Kier molecular flexibility index (Phi) is 1.86. The zero-order valence-electron chi connectivity index (χ0n) is 7.77. The Morgan fingerprint density at radius 2 is 1.92 bits per heavy atom. The van der Waals surface area contributed by atoms with Gasteiger partial charge in [-0.15, -0.1) is 0 Å². The predicted molar refractivity (Wildman–Crippen MR) is 47.6 cm³/mol. The first-order chi connectivity index (χ1) is 6.09. The highest BCUT2D eigenvalue weighted by Crippen LogP contribution is 2.38. The normalized spacial score (nSPS) is 26.2. The van der Waals surface area contributed by atoms with Gasteiger partial charge >= 0.3 is 0 Å². The van der Waals surface area contributed by atoms with E-state index in [-0.39, 0.29) is 11.7 Å². The van der Waals surface area contributed by atoms with E-state index in [1.165, 1.54) is 6.07 Å². The van der Waals surface area contributed by atoms with Crippen LogP contribution in [0, 0.1) is 17.6 Å². The third-order valence-electron chi connectivity index (χ3n) is 3.06. The predicted octanol–water partition coefficient (Wildman–Crippen LogP) is 3.26. The van der Waals surface area contributed by atoms with Crippen molar-refractivity contribution in [2.24, 2.45) is 5.92 Å². The van der Waals surface area contributed by atoms with Crippen molar-refractivity contribution in [2.45, 2.75) is 26.2 Å². The number of fused-ring (bicyclic) bond motifs is 1. The van der Waals surface area contributed by atoms with Gasteiger partial charge in [-0.2, -0.15) is 0 Å². The van der Waals surface area contributed by atoms with Crippen LogP contribution in [0.25, 0.3) is 0 Å². The first-order valence-electron chi connectivity index (χ1n) is 4.57. The zero-order valence-corrected chi connectivity index (χ0v) is 7.77. The molecule has 70 valence electrons. The van der Waals surface area contributed by atoms with Gasteiger partial charge in [-0.1, -0.05) is 13.8 Å².